The second-order valence-electron chi connectivity index (χ2n) is 3.45. The fourth-order valence-corrected chi connectivity index (χ4v) is 1.30. The Balaban J connectivity index is 2.85. The molecule has 0 heterocycles. The summed E-state index contributed by atoms with van der Waals surface area (Å²) in [5.41, 5.74) is -1.02. The van der Waals surface area contributed by atoms with Crippen LogP contribution in [-0.2, 0) is 10.9 Å². The minimum atomic E-state index is -4.49. The zero-order valence-electron chi connectivity index (χ0n) is 9.47. The van der Waals surface area contributed by atoms with Gasteiger partial charge in [-0.1, -0.05) is 18.5 Å². The number of benzene rings is 1. The van der Waals surface area contributed by atoms with Gasteiger partial charge in [0.1, 0.15) is 0 Å². The van der Waals surface area contributed by atoms with E-state index in [0.29, 0.717) is 6.42 Å². The number of rotatable bonds is 3. The highest BCUT2D eigenvalue weighted by Crippen LogP contribution is 2.33. The number of amides is 1. The average Bonchev–Trinajstić information content (AvgIpc) is 2.28. The van der Waals surface area contributed by atoms with Gasteiger partial charge in [0.25, 0.3) is 0 Å². The van der Waals surface area contributed by atoms with Crippen molar-refractivity contribution in [2.45, 2.75) is 19.5 Å². The van der Waals surface area contributed by atoms with Crippen LogP contribution in [-0.4, -0.2) is 12.7 Å². The van der Waals surface area contributed by atoms with Crippen molar-refractivity contribution in [1.29, 1.82) is 0 Å². The van der Waals surface area contributed by atoms with Crippen LogP contribution in [0.15, 0.2) is 18.2 Å². The summed E-state index contributed by atoms with van der Waals surface area (Å²) in [6.45, 7) is 1.98. The molecular formula is C11H11ClF3NO2. The van der Waals surface area contributed by atoms with Gasteiger partial charge in [-0.25, -0.2) is 4.79 Å². The van der Waals surface area contributed by atoms with E-state index in [1.165, 1.54) is 0 Å². The number of anilines is 1. The Morgan fingerprint density at radius 2 is 2.11 bits per heavy atom. The molecule has 1 N–H and O–H groups in total. The third-order valence-corrected chi connectivity index (χ3v) is 2.30. The van der Waals surface area contributed by atoms with Gasteiger partial charge in [-0.2, -0.15) is 13.2 Å². The molecule has 0 aliphatic rings. The Morgan fingerprint density at radius 3 is 2.67 bits per heavy atom. The molecule has 18 heavy (non-hydrogen) atoms. The molecule has 0 spiro atoms. The molecule has 0 atom stereocenters. The SMILES string of the molecule is CCCOC(=O)Nc1cc(C(F)(F)F)ccc1Cl. The Morgan fingerprint density at radius 1 is 1.44 bits per heavy atom. The first-order valence-corrected chi connectivity index (χ1v) is 5.53. The van der Waals surface area contributed by atoms with Gasteiger partial charge in [0, 0.05) is 0 Å². The van der Waals surface area contributed by atoms with Crippen LogP contribution in [0.2, 0.25) is 5.02 Å². The van der Waals surface area contributed by atoms with Gasteiger partial charge in [0.05, 0.1) is 22.9 Å². The second kappa shape index (κ2) is 5.95. The van der Waals surface area contributed by atoms with Crippen molar-refractivity contribution in [3.63, 3.8) is 0 Å². The molecule has 0 bridgehead atoms. The highest BCUT2D eigenvalue weighted by Gasteiger charge is 2.31. The Bertz CT molecular complexity index is 435. The van der Waals surface area contributed by atoms with Gasteiger partial charge >= 0.3 is 12.3 Å². The highest BCUT2D eigenvalue weighted by molar-refractivity contribution is 6.33. The number of alkyl halides is 3. The molecule has 7 heteroatoms. The lowest BCUT2D eigenvalue weighted by molar-refractivity contribution is -0.137. The van der Waals surface area contributed by atoms with E-state index in [1.807, 2.05) is 0 Å². The Hall–Kier alpha value is -1.43. The van der Waals surface area contributed by atoms with Gasteiger partial charge in [-0.15, -0.1) is 0 Å². The number of carbonyl (C=O) groups is 1. The smallest absolute Gasteiger partial charge is 0.416 e. The van der Waals surface area contributed by atoms with Crippen molar-refractivity contribution in [1.82, 2.24) is 0 Å². The van der Waals surface area contributed by atoms with E-state index in [4.69, 9.17) is 11.6 Å². The summed E-state index contributed by atoms with van der Waals surface area (Å²) in [6.07, 6.45) is -4.71. The molecule has 0 fully saturated rings. The van der Waals surface area contributed by atoms with E-state index in [2.05, 4.69) is 10.1 Å². The van der Waals surface area contributed by atoms with E-state index in [9.17, 15) is 18.0 Å². The lowest BCUT2D eigenvalue weighted by Crippen LogP contribution is -2.15. The lowest BCUT2D eigenvalue weighted by Gasteiger charge is -2.11. The maximum absolute atomic E-state index is 12.5. The monoisotopic (exact) mass is 281 g/mol. The highest BCUT2D eigenvalue weighted by atomic mass is 35.5. The zero-order valence-corrected chi connectivity index (χ0v) is 10.2. The topological polar surface area (TPSA) is 38.3 Å². The van der Waals surface area contributed by atoms with Crippen molar-refractivity contribution in [3.05, 3.63) is 28.8 Å². The molecule has 0 saturated heterocycles. The number of halogens is 4. The van der Waals surface area contributed by atoms with Crippen molar-refractivity contribution in [2.24, 2.45) is 0 Å². The summed E-state index contributed by atoms with van der Waals surface area (Å²) in [6, 6.07) is 2.67. The Labute approximate surface area is 107 Å². The van der Waals surface area contributed by atoms with Gasteiger partial charge in [-0.3, -0.25) is 5.32 Å². The molecule has 0 radical (unpaired) electrons. The Kier molecular flexibility index (Phi) is 4.84. The van der Waals surface area contributed by atoms with Gasteiger partial charge in [0.2, 0.25) is 0 Å². The normalized spacial score (nSPS) is 11.2. The molecule has 0 unspecified atom stereocenters. The fraction of sp³-hybridized carbons (Fsp3) is 0.364. The molecule has 0 aliphatic carbocycles. The summed E-state index contributed by atoms with van der Waals surface area (Å²) in [4.78, 5) is 11.2. The molecule has 100 valence electrons. The van der Waals surface area contributed by atoms with E-state index in [0.717, 1.165) is 18.2 Å². The van der Waals surface area contributed by atoms with E-state index in [-0.39, 0.29) is 17.3 Å². The third-order valence-electron chi connectivity index (χ3n) is 1.97. The van der Waals surface area contributed by atoms with Crippen molar-refractivity contribution in [3.8, 4) is 0 Å². The van der Waals surface area contributed by atoms with Gasteiger partial charge < -0.3 is 4.74 Å². The van der Waals surface area contributed by atoms with Crippen LogP contribution in [0.3, 0.4) is 0 Å². The number of hydrogen-bond donors (Lipinski definition) is 1. The number of ether oxygens (including phenoxy) is 1. The molecule has 1 aromatic carbocycles. The van der Waals surface area contributed by atoms with E-state index < -0.39 is 17.8 Å². The summed E-state index contributed by atoms with van der Waals surface area (Å²) in [7, 11) is 0. The summed E-state index contributed by atoms with van der Waals surface area (Å²) in [5.74, 6) is 0. The van der Waals surface area contributed by atoms with Crippen molar-refractivity contribution < 1.29 is 22.7 Å². The minimum Gasteiger partial charge on any atom is -0.449 e. The quantitative estimate of drug-likeness (QED) is 0.896. The number of carbonyl (C=O) groups excluding carboxylic acids is 1. The minimum absolute atomic E-state index is 0.0106. The maximum atomic E-state index is 12.5. The van der Waals surface area contributed by atoms with Crippen molar-refractivity contribution in [2.75, 3.05) is 11.9 Å². The van der Waals surface area contributed by atoms with Crippen LogP contribution < -0.4 is 5.32 Å². The third kappa shape index (κ3) is 4.10. The molecule has 0 aliphatic heterocycles. The van der Waals surface area contributed by atoms with E-state index >= 15 is 0 Å². The van der Waals surface area contributed by atoms with Crippen molar-refractivity contribution >= 4 is 23.4 Å². The lowest BCUT2D eigenvalue weighted by atomic mass is 10.2. The summed E-state index contributed by atoms with van der Waals surface area (Å²) >= 11 is 5.69. The number of hydrogen-bond acceptors (Lipinski definition) is 2. The molecule has 1 amide bonds. The molecule has 1 aromatic rings. The first-order valence-electron chi connectivity index (χ1n) is 5.15. The summed E-state index contributed by atoms with van der Waals surface area (Å²) < 4.78 is 42.0. The van der Waals surface area contributed by atoms with Crippen LogP contribution in [0.1, 0.15) is 18.9 Å². The molecular weight excluding hydrogens is 271 g/mol. The first-order chi connectivity index (χ1) is 8.34. The molecule has 1 rings (SSSR count). The van der Waals surface area contributed by atoms with Gasteiger partial charge in [-0.05, 0) is 24.6 Å². The van der Waals surface area contributed by atoms with E-state index in [1.54, 1.807) is 6.92 Å². The summed E-state index contributed by atoms with van der Waals surface area (Å²) in [5, 5.41) is 2.17. The van der Waals surface area contributed by atoms with Crippen LogP contribution in [0.4, 0.5) is 23.7 Å². The zero-order chi connectivity index (χ0) is 13.8. The van der Waals surface area contributed by atoms with Crippen LogP contribution >= 0.6 is 11.6 Å². The first kappa shape index (κ1) is 14.6. The van der Waals surface area contributed by atoms with Crippen LogP contribution in [0.5, 0.6) is 0 Å². The van der Waals surface area contributed by atoms with Crippen LogP contribution in [0, 0.1) is 0 Å². The predicted molar refractivity (Wildman–Crippen MR) is 61.7 cm³/mol. The predicted octanol–water partition coefficient (Wildman–Crippen LogP) is 4.32. The van der Waals surface area contributed by atoms with Gasteiger partial charge in [0.15, 0.2) is 0 Å². The molecule has 3 nitrogen and oxygen atoms in total. The largest absolute Gasteiger partial charge is 0.449 e. The average molecular weight is 282 g/mol. The standard InChI is InChI=1S/C11H11ClF3NO2/c1-2-5-18-10(17)16-9-6-7(11(13,14)15)3-4-8(9)12/h3-4,6H,2,5H2,1H3,(H,16,17). The fourth-order valence-electron chi connectivity index (χ4n) is 1.14. The molecule has 0 aromatic heterocycles. The second-order valence-corrected chi connectivity index (χ2v) is 3.86. The number of nitrogens with one attached hydrogen (secondary N) is 1. The van der Waals surface area contributed by atoms with Crippen LogP contribution in [0.25, 0.3) is 0 Å². The maximum Gasteiger partial charge on any atom is 0.416 e. The molecule has 0 saturated carbocycles.